The SMILES string of the molecule is COc1ccc(S(=O)(=O)Nc2ccc(NCc3cccc(C)c3)nc2)cc1. The molecule has 0 saturated carbocycles. The highest BCUT2D eigenvalue weighted by Gasteiger charge is 2.14. The minimum absolute atomic E-state index is 0.157. The van der Waals surface area contributed by atoms with Gasteiger partial charge in [-0.2, -0.15) is 0 Å². The summed E-state index contributed by atoms with van der Waals surface area (Å²) in [6.45, 7) is 2.69. The second kappa shape index (κ2) is 8.09. The highest BCUT2D eigenvalue weighted by atomic mass is 32.2. The predicted molar refractivity (Wildman–Crippen MR) is 107 cm³/mol. The molecule has 0 amide bonds. The summed E-state index contributed by atoms with van der Waals surface area (Å²) in [6.07, 6.45) is 1.49. The van der Waals surface area contributed by atoms with E-state index in [1.807, 2.05) is 25.1 Å². The van der Waals surface area contributed by atoms with Crippen LogP contribution in [0.15, 0.2) is 71.8 Å². The Morgan fingerprint density at radius 2 is 1.81 bits per heavy atom. The average molecular weight is 383 g/mol. The Morgan fingerprint density at radius 3 is 2.44 bits per heavy atom. The molecule has 3 aromatic rings. The Balaban J connectivity index is 1.64. The van der Waals surface area contributed by atoms with Gasteiger partial charge in [-0.3, -0.25) is 4.72 Å². The van der Waals surface area contributed by atoms with Crippen LogP contribution in [-0.4, -0.2) is 20.5 Å². The van der Waals surface area contributed by atoms with Gasteiger partial charge in [-0.05, 0) is 48.9 Å². The lowest BCUT2D eigenvalue weighted by molar-refractivity contribution is 0.414. The van der Waals surface area contributed by atoms with E-state index < -0.39 is 10.0 Å². The molecule has 3 rings (SSSR count). The number of aromatic nitrogens is 1. The fourth-order valence-corrected chi connectivity index (χ4v) is 3.59. The van der Waals surface area contributed by atoms with Gasteiger partial charge in [0, 0.05) is 6.54 Å². The van der Waals surface area contributed by atoms with Crippen LogP contribution in [0.25, 0.3) is 0 Å². The van der Waals surface area contributed by atoms with E-state index in [0.717, 1.165) is 5.56 Å². The number of nitrogens with one attached hydrogen (secondary N) is 2. The van der Waals surface area contributed by atoms with Crippen molar-refractivity contribution >= 4 is 21.5 Å². The first-order valence-corrected chi connectivity index (χ1v) is 9.87. The van der Waals surface area contributed by atoms with Gasteiger partial charge in [0.2, 0.25) is 0 Å². The van der Waals surface area contributed by atoms with Crippen LogP contribution in [0.5, 0.6) is 5.75 Å². The van der Waals surface area contributed by atoms with Crippen LogP contribution < -0.4 is 14.8 Å². The van der Waals surface area contributed by atoms with Crippen LogP contribution in [-0.2, 0) is 16.6 Å². The molecular formula is C20H21N3O3S. The van der Waals surface area contributed by atoms with Gasteiger partial charge in [0.05, 0.1) is 23.9 Å². The number of nitrogens with zero attached hydrogens (tertiary/aromatic N) is 1. The van der Waals surface area contributed by atoms with Crippen LogP contribution in [0.4, 0.5) is 11.5 Å². The molecule has 0 fully saturated rings. The number of aryl methyl sites for hydroxylation is 1. The predicted octanol–water partition coefficient (Wildman–Crippen LogP) is 3.81. The van der Waals surface area contributed by atoms with Gasteiger partial charge >= 0.3 is 0 Å². The van der Waals surface area contributed by atoms with Crippen molar-refractivity contribution in [3.63, 3.8) is 0 Å². The molecule has 0 atom stereocenters. The Kier molecular flexibility index (Phi) is 5.61. The van der Waals surface area contributed by atoms with Crippen molar-refractivity contribution in [1.82, 2.24) is 4.98 Å². The van der Waals surface area contributed by atoms with Gasteiger partial charge in [-0.1, -0.05) is 29.8 Å². The maximum absolute atomic E-state index is 12.4. The molecular weight excluding hydrogens is 362 g/mol. The molecule has 0 aliphatic carbocycles. The molecule has 1 heterocycles. The molecule has 2 N–H and O–H groups in total. The van der Waals surface area contributed by atoms with E-state index in [9.17, 15) is 8.42 Å². The molecule has 0 radical (unpaired) electrons. The number of methoxy groups -OCH3 is 1. The normalized spacial score (nSPS) is 11.0. The van der Waals surface area contributed by atoms with Crippen molar-refractivity contribution in [2.75, 3.05) is 17.1 Å². The number of anilines is 2. The van der Waals surface area contributed by atoms with Gasteiger partial charge in [0.15, 0.2) is 0 Å². The van der Waals surface area contributed by atoms with Crippen molar-refractivity contribution in [2.24, 2.45) is 0 Å². The topological polar surface area (TPSA) is 80.3 Å². The minimum Gasteiger partial charge on any atom is -0.497 e. The molecule has 27 heavy (non-hydrogen) atoms. The van der Waals surface area contributed by atoms with E-state index in [1.165, 1.54) is 31.0 Å². The smallest absolute Gasteiger partial charge is 0.261 e. The van der Waals surface area contributed by atoms with Crippen LogP contribution in [0.1, 0.15) is 11.1 Å². The molecule has 0 bridgehead atoms. The zero-order valence-corrected chi connectivity index (χ0v) is 16.0. The van der Waals surface area contributed by atoms with Crippen molar-refractivity contribution < 1.29 is 13.2 Å². The Hall–Kier alpha value is -3.06. The second-order valence-corrected chi connectivity index (χ2v) is 7.74. The standard InChI is InChI=1S/C20H21N3O3S/c1-15-4-3-5-16(12-15)13-21-20-11-6-17(14-22-20)23-27(24,25)19-9-7-18(26-2)8-10-19/h3-12,14,23H,13H2,1-2H3,(H,21,22). The van der Waals surface area contributed by atoms with Crippen molar-refractivity contribution in [3.8, 4) is 5.75 Å². The fraction of sp³-hybridized carbons (Fsp3) is 0.150. The summed E-state index contributed by atoms with van der Waals surface area (Å²) in [7, 11) is -2.15. The van der Waals surface area contributed by atoms with E-state index in [0.29, 0.717) is 23.8 Å². The number of sulfonamides is 1. The van der Waals surface area contributed by atoms with E-state index in [-0.39, 0.29) is 4.90 Å². The number of rotatable bonds is 7. The first kappa shape index (κ1) is 18.7. The average Bonchev–Trinajstić information content (AvgIpc) is 2.67. The maximum atomic E-state index is 12.4. The number of hydrogen-bond acceptors (Lipinski definition) is 5. The third-order valence-electron chi connectivity index (χ3n) is 3.94. The molecule has 6 nitrogen and oxygen atoms in total. The zero-order valence-electron chi connectivity index (χ0n) is 15.1. The number of ether oxygens (including phenoxy) is 1. The van der Waals surface area contributed by atoms with E-state index >= 15 is 0 Å². The molecule has 1 aromatic heterocycles. The minimum atomic E-state index is -3.68. The van der Waals surface area contributed by atoms with Crippen LogP contribution in [0.2, 0.25) is 0 Å². The molecule has 7 heteroatoms. The Labute approximate surface area is 159 Å². The molecule has 0 spiro atoms. The largest absolute Gasteiger partial charge is 0.497 e. The molecule has 0 aliphatic rings. The molecule has 0 aliphatic heterocycles. The number of hydrogen-bond donors (Lipinski definition) is 2. The van der Waals surface area contributed by atoms with Crippen LogP contribution in [0, 0.1) is 6.92 Å². The number of pyridine rings is 1. The molecule has 0 unspecified atom stereocenters. The van der Waals surface area contributed by atoms with E-state index in [2.05, 4.69) is 21.1 Å². The van der Waals surface area contributed by atoms with Crippen LogP contribution in [0.3, 0.4) is 0 Å². The summed E-state index contributed by atoms with van der Waals surface area (Å²) in [6, 6.07) is 17.8. The highest BCUT2D eigenvalue weighted by Crippen LogP contribution is 2.19. The molecule has 2 aromatic carbocycles. The van der Waals surface area contributed by atoms with E-state index in [4.69, 9.17) is 4.74 Å². The second-order valence-electron chi connectivity index (χ2n) is 6.06. The highest BCUT2D eigenvalue weighted by molar-refractivity contribution is 7.92. The Morgan fingerprint density at radius 1 is 1.04 bits per heavy atom. The zero-order chi connectivity index (χ0) is 19.3. The van der Waals surface area contributed by atoms with Gasteiger partial charge in [-0.15, -0.1) is 0 Å². The van der Waals surface area contributed by atoms with Gasteiger partial charge in [0.1, 0.15) is 11.6 Å². The lowest BCUT2D eigenvalue weighted by Gasteiger charge is -2.10. The summed E-state index contributed by atoms with van der Waals surface area (Å²) >= 11 is 0. The van der Waals surface area contributed by atoms with Crippen molar-refractivity contribution in [1.29, 1.82) is 0 Å². The fourth-order valence-electron chi connectivity index (χ4n) is 2.54. The lowest BCUT2D eigenvalue weighted by atomic mass is 10.1. The maximum Gasteiger partial charge on any atom is 0.261 e. The van der Waals surface area contributed by atoms with Gasteiger partial charge < -0.3 is 10.1 Å². The summed E-state index contributed by atoms with van der Waals surface area (Å²) in [4.78, 5) is 4.42. The van der Waals surface area contributed by atoms with Gasteiger partial charge in [0.25, 0.3) is 10.0 Å². The summed E-state index contributed by atoms with van der Waals surface area (Å²) in [5.41, 5.74) is 2.75. The monoisotopic (exact) mass is 383 g/mol. The first-order valence-electron chi connectivity index (χ1n) is 8.38. The van der Waals surface area contributed by atoms with Gasteiger partial charge in [-0.25, -0.2) is 13.4 Å². The third-order valence-corrected chi connectivity index (χ3v) is 5.34. The van der Waals surface area contributed by atoms with Crippen molar-refractivity contribution in [2.45, 2.75) is 18.4 Å². The Bertz CT molecular complexity index is 1000. The van der Waals surface area contributed by atoms with Crippen molar-refractivity contribution in [3.05, 3.63) is 78.0 Å². The molecule has 0 saturated heterocycles. The number of benzene rings is 2. The first-order chi connectivity index (χ1) is 13.0. The summed E-state index contributed by atoms with van der Waals surface area (Å²) in [5, 5.41) is 3.22. The third kappa shape index (κ3) is 4.98. The lowest BCUT2D eigenvalue weighted by Crippen LogP contribution is -2.13. The summed E-state index contributed by atoms with van der Waals surface area (Å²) < 4.78 is 32.4. The van der Waals surface area contributed by atoms with E-state index in [1.54, 1.807) is 24.3 Å². The van der Waals surface area contributed by atoms with Crippen LogP contribution >= 0.6 is 0 Å². The quantitative estimate of drug-likeness (QED) is 0.648. The molecule has 140 valence electrons. The summed E-state index contributed by atoms with van der Waals surface area (Å²) in [5.74, 6) is 1.27.